The molecule has 3 nitrogen and oxygen atoms in total. The van der Waals surface area contributed by atoms with Crippen LogP contribution in [0.5, 0.6) is 0 Å². The van der Waals surface area contributed by atoms with Crippen LogP contribution in [0.15, 0.2) is 23.2 Å². The van der Waals surface area contributed by atoms with Gasteiger partial charge in [-0.25, -0.2) is 4.99 Å². The molecule has 110 valence electrons. The van der Waals surface area contributed by atoms with E-state index < -0.39 is 0 Å². The van der Waals surface area contributed by atoms with E-state index in [1.807, 2.05) is 0 Å². The zero-order chi connectivity index (χ0) is 14.4. The number of benzene rings is 1. The molecule has 20 heavy (non-hydrogen) atoms. The lowest BCUT2D eigenvalue weighted by Gasteiger charge is -2.16. The van der Waals surface area contributed by atoms with Gasteiger partial charge >= 0.3 is 0 Å². The molecule has 0 unspecified atom stereocenters. The molecule has 2 rings (SSSR count). The molecule has 0 saturated heterocycles. The molecule has 0 spiro atoms. The molecular weight excluding hydrogens is 246 g/mol. The summed E-state index contributed by atoms with van der Waals surface area (Å²) >= 11 is 0. The van der Waals surface area contributed by atoms with E-state index in [1.54, 1.807) is 0 Å². The molecule has 0 heterocycles. The Morgan fingerprint density at radius 2 is 2.00 bits per heavy atom. The zero-order valence-corrected chi connectivity index (χ0v) is 13.0. The minimum Gasteiger partial charge on any atom is -0.357 e. The van der Waals surface area contributed by atoms with Crippen LogP contribution in [-0.2, 0) is 6.54 Å². The fourth-order valence-electron chi connectivity index (χ4n) is 2.77. The molecule has 0 atom stereocenters. The van der Waals surface area contributed by atoms with E-state index in [2.05, 4.69) is 49.6 Å². The van der Waals surface area contributed by atoms with Crippen LogP contribution in [-0.4, -0.2) is 18.5 Å². The number of hydrogen-bond acceptors (Lipinski definition) is 1. The minimum atomic E-state index is 0.604. The third kappa shape index (κ3) is 4.26. The average molecular weight is 273 g/mol. The fourth-order valence-corrected chi connectivity index (χ4v) is 2.77. The molecule has 1 aliphatic rings. The van der Waals surface area contributed by atoms with Gasteiger partial charge < -0.3 is 10.6 Å². The van der Waals surface area contributed by atoms with E-state index in [0.717, 1.165) is 19.0 Å². The Hall–Kier alpha value is -1.51. The van der Waals surface area contributed by atoms with Crippen molar-refractivity contribution in [1.82, 2.24) is 10.6 Å². The Bertz CT molecular complexity index is 459. The summed E-state index contributed by atoms with van der Waals surface area (Å²) in [5.74, 6) is 0.958. The molecule has 0 amide bonds. The van der Waals surface area contributed by atoms with E-state index in [4.69, 9.17) is 4.99 Å². The standard InChI is InChI=1S/C17H27N3/c1-4-18-17(20-16-7-5-6-8-16)19-12-15-10-9-13(2)11-14(15)3/h9-11,16H,4-8,12H2,1-3H3,(H2,18,19,20). The van der Waals surface area contributed by atoms with Crippen molar-refractivity contribution in [1.29, 1.82) is 0 Å². The van der Waals surface area contributed by atoms with Crippen LogP contribution in [0.4, 0.5) is 0 Å². The Labute approximate surface area is 122 Å². The molecule has 0 radical (unpaired) electrons. The van der Waals surface area contributed by atoms with Gasteiger partial charge in [-0.2, -0.15) is 0 Å². The average Bonchev–Trinajstić information content (AvgIpc) is 2.90. The maximum Gasteiger partial charge on any atom is 0.191 e. The summed E-state index contributed by atoms with van der Waals surface area (Å²) in [4.78, 5) is 4.73. The highest BCUT2D eigenvalue weighted by Gasteiger charge is 2.15. The smallest absolute Gasteiger partial charge is 0.191 e. The van der Waals surface area contributed by atoms with Crippen LogP contribution >= 0.6 is 0 Å². The van der Waals surface area contributed by atoms with Crippen molar-refractivity contribution in [2.24, 2.45) is 4.99 Å². The molecule has 0 bridgehead atoms. The monoisotopic (exact) mass is 273 g/mol. The highest BCUT2D eigenvalue weighted by molar-refractivity contribution is 5.80. The lowest BCUT2D eigenvalue weighted by atomic mass is 10.1. The van der Waals surface area contributed by atoms with Gasteiger partial charge in [-0.3, -0.25) is 0 Å². The predicted octanol–water partition coefficient (Wildman–Crippen LogP) is 3.30. The van der Waals surface area contributed by atoms with E-state index in [9.17, 15) is 0 Å². The molecule has 1 saturated carbocycles. The summed E-state index contributed by atoms with van der Waals surface area (Å²) in [7, 11) is 0. The lowest BCUT2D eigenvalue weighted by molar-refractivity contribution is 0.614. The Balaban J connectivity index is 2.00. The van der Waals surface area contributed by atoms with Crippen LogP contribution in [0, 0.1) is 13.8 Å². The third-order valence-electron chi connectivity index (χ3n) is 3.95. The second-order valence-electron chi connectivity index (χ2n) is 5.75. The summed E-state index contributed by atoms with van der Waals surface area (Å²) in [6.07, 6.45) is 5.23. The van der Waals surface area contributed by atoms with E-state index >= 15 is 0 Å². The van der Waals surface area contributed by atoms with Crippen molar-refractivity contribution in [3.05, 3.63) is 34.9 Å². The number of rotatable bonds is 4. The van der Waals surface area contributed by atoms with Crippen LogP contribution in [0.25, 0.3) is 0 Å². The zero-order valence-electron chi connectivity index (χ0n) is 13.0. The molecule has 1 aliphatic carbocycles. The largest absolute Gasteiger partial charge is 0.357 e. The van der Waals surface area contributed by atoms with Gasteiger partial charge in [0.15, 0.2) is 5.96 Å². The van der Waals surface area contributed by atoms with Crippen molar-refractivity contribution in [2.45, 2.75) is 59.0 Å². The topological polar surface area (TPSA) is 36.4 Å². The SMILES string of the molecule is CCNC(=NCc1ccc(C)cc1C)NC1CCCC1. The molecular formula is C17H27N3. The van der Waals surface area contributed by atoms with E-state index in [1.165, 1.54) is 42.4 Å². The van der Waals surface area contributed by atoms with Gasteiger partial charge in [-0.15, -0.1) is 0 Å². The maximum absolute atomic E-state index is 4.73. The molecule has 1 aromatic carbocycles. The fraction of sp³-hybridized carbons (Fsp3) is 0.588. The van der Waals surface area contributed by atoms with Gasteiger partial charge in [0.05, 0.1) is 6.54 Å². The van der Waals surface area contributed by atoms with Crippen molar-refractivity contribution < 1.29 is 0 Å². The van der Waals surface area contributed by atoms with Crippen molar-refractivity contribution in [3.8, 4) is 0 Å². The number of hydrogen-bond donors (Lipinski definition) is 2. The van der Waals surface area contributed by atoms with Crippen LogP contribution in [0.2, 0.25) is 0 Å². The second kappa shape index (κ2) is 7.32. The summed E-state index contributed by atoms with van der Waals surface area (Å²) in [5.41, 5.74) is 3.94. The number of nitrogens with zero attached hydrogens (tertiary/aromatic N) is 1. The van der Waals surface area contributed by atoms with Crippen LogP contribution < -0.4 is 10.6 Å². The highest BCUT2D eigenvalue weighted by atomic mass is 15.2. The Kier molecular flexibility index (Phi) is 5.45. The lowest BCUT2D eigenvalue weighted by Crippen LogP contribution is -2.42. The third-order valence-corrected chi connectivity index (χ3v) is 3.95. The number of aliphatic imine (C=N–C) groups is 1. The first-order chi connectivity index (χ1) is 9.69. The summed E-state index contributed by atoms with van der Waals surface area (Å²) < 4.78 is 0. The van der Waals surface area contributed by atoms with E-state index in [-0.39, 0.29) is 0 Å². The molecule has 1 aromatic rings. The minimum absolute atomic E-state index is 0.604. The number of aryl methyl sites for hydroxylation is 2. The van der Waals surface area contributed by atoms with Crippen molar-refractivity contribution in [2.75, 3.05) is 6.54 Å². The first-order valence-electron chi connectivity index (χ1n) is 7.80. The molecule has 0 aliphatic heterocycles. The van der Waals surface area contributed by atoms with Crippen LogP contribution in [0.1, 0.15) is 49.3 Å². The summed E-state index contributed by atoms with van der Waals surface area (Å²) in [5, 5.41) is 6.91. The molecule has 3 heteroatoms. The maximum atomic E-state index is 4.73. The predicted molar refractivity (Wildman–Crippen MR) is 86.1 cm³/mol. The summed E-state index contributed by atoms with van der Waals surface area (Å²) in [6.45, 7) is 8.06. The highest BCUT2D eigenvalue weighted by Crippen LogP contribution is 2.17. The molecule has 1 fully saturated rings. The van der Waals surface area contributed by atoms with Crippen molar-refractivity contribution in [3.63, 3.8) is 0 Å². The number of nitrogens with one attached hydrogen (secondary N) is 2. The van der Waals surface area contributed by atoms with Gasteiger partial charge in [-0.05, 0) is 44.7 Å². The second-order valence-corrected chi connectivity index (χ2v) is 5.75. The normalized spacial score (nSPS) is 16.4. The first-order valence-corrected chi connectivity index (χ1v) is 7.80. The van der Waals surface area contributed by atoms with Crippen molar-refractivity contribution >= 4 is 5.96 Å². The first kappa shape index (κ1) is 14.9. The van der Waals surface area contributed by atoms with Gasteiger partial charge in [0, 0.05) is 12.6 Å². The van der Waals surface area contributed by atoms with Gasteiger partial charge in [0.2, 0.25) is 0 Å². The number of guanidine groups is 1. The molecule has 2 N–H and O–H groups in total. The van der Waals surface area contributed by atoms with Gasteiger partial charge in [0.1, 0.15) is 0 Å². The molecule has 0 aromatic heterocycles. The van der Waals surface area contributed by atoms with Crippen LogP contribution in [0.3, 0.4) is 0 Å². The quantitative estimate of drug-likeness (QED) is 0.652. The van der Waals surface area contributed by atoms with Gasteiger partial charge in [0.25, 0.3) is 0 Å². The Morgan fingerprint density at radius 1 is 1.25 bits per heavy atom. The Morgan fingerprint density at radius 3 is 2.65 bits per heavy atom. The van der Waals surface area contributed by atoms with Gasteiger partial charge in [-0.1, -0.05) is 36.6 Å². The summed E-state index contributed by atoms with van der Waals surface area (Å²) in [6, 6.07) is 7.18. The van der Waals surface area contributed by atoms with E-state index in [0.29, 0.717) is 6.04 Å².